The van der Waals surface area contributed by atoms with Crippen LogP contribution in [0.4, 0.5) is 5.69 Å². The molecule has 0 amide bonds. The van der Waals surface area contributed by atoms with Gasteiger partial charge in [-0.2, -0.15) is 0 Å². The standard InChI is InChI=1S/C26H24Cl2N2O4S/c1-15(2)24(31)25-23(30-12-5-13-35(30,32)33)20-14-19(16-8-10-17(27)11-9-16)22(29-26(20)34-25)18-6-3-4-7-21(18)28/h3-4,6-11,14-15,32-33H,5,12-13H2,1-2H3. The minimum absolute atomic E-state index is 0.0859. The van der Waals surface area contributed by atoms with Crippen LogP contribution in [-0.2, 0) is 0 Å². The average molecular weight is 531 g/mol. The molecule has 1 aliphatic rings. The monoisotopic (exact) mass is 530 g/mol. The fourth-order valence-corrected chi connectivity index (χ4v) is 6.30. The lowest BCUT2D eigenvalue weighted by Crippen LogP contribution is -2.24. The number of anilines is 1. The number of ketones is 1. The second kappa shape index (κ2) is 9.15. The Morgan fingerprint density at radius 3 is 2.43 bits per heavy atom. The number of aromatic nitrogens is 1. The lowest BCUT2D eigenvalue weighted by molar-refractivity contribution is 0.0914. The van der Waals surface area contributed by atoms with Gasteiger partial charge in [-0.1, -0.05) is 67.4 Å². The minimum atomic E-state index is -3.08. The second-order valence-electron chi connectivity index (χ2n) is 8.81. The molecule has 9 heteroatoms. The Bertz CT molecular complexity index is 1430. The van der Waals surface area contributed by atoms with Gasteiger partial charge in [-0.25, -0.2) is 4.98 Å². The number of carbonyl (C=O) groups excluding carboxylic acids is 1. The Morgan fingerprint density at radius 2 is 1.80 bits per heavy atom. The number of rotatable bonds is 5. The lowest BCUT2D eigenvalue weighted by Gasteiger charge is -2.37. The van der Waals surface area contributed by atoms with Gasteiger partial charge < -0.3 is 4.42 Å². The molecule has 2 aromatic carbocycles. The van der Waals surface area contributed by atoms with E-state index in [1.165, 1.54) is 4.31 Å². The average Bonchev–Trinajstić information content (AvgIpc) is 3.36. The summed E-state index contributed by atoms with van der Waals surface area (Å²) >= 11 is 12.7. The van der Waals surface area contributed by atoms with Crippen LogP contribution in [0.25, 0.3) is 33.5 Å². The SMILES string of the molecule is CC(C)C(=O)c1oc2nc(-c3ccccc3Cl)c(-c3ccc(Cl)cc3)cc2c1N1CCCS1(O)O. The van der Waals surface area contributed by atoms with Crippen molar-refractivity contribution in [3.8, 4) is 22.4 Å². The van der Waals surface area contributed by atoms with Gasteiger partial charge in [-0.05, 0) is 36.2 Å². The van der Waals surface area contributed by atoms with Gasteiger partial charge in [-0.15, -0.1) is 10.8 Å². The van der Waals surface area contributed by atoms with Crippen molar-refractivity contribution in [3.63, 3.8) is 0 Å². The van der Waals surface area contributed by atoms with Crippen LogP contribution in [0.1, 0.15) is 30.8 Å². The number of halogens is 2. The molecule has 0 atom stereocenters. The summed E-state index contributed by atoms with van der Waals surface area (Å²) in [6.07, 6.45) is 0.597. The van der Waals surface area contributed by atoms with Crippen LogP contribution in [-0.4, -0.2) is 32.2 Å². The third kappa shape index (κ3) is 4.32. The van der Waals surface area contributed by atoms with Crippen molar-refractivity contribution < 1.29 is 18.3 Å². The fraction of sp³-hybridized carbons (Fsp3) is 0.231. The van der Waals surface area contributed by atoms with E-state index in [4.69, 9.17) is 32.6 Å². The molecule has 1 fully saturated rings. The lowest BCUT2D eigenvalue weighted by atomic mass is 9.97. The van der Waals surface area contributed by atoms with Crippen molar-refractivity contribution in [1.82, 2.24) is 4.98 Å². The molecule has 1 saturated heterocycles. The van der Waals surface area contributed by atoms with Crippen LogP contribution in [0.5, 0.6) is 0 Å². The third-order valence-electron chi connectivity index (χ3n) is 6.07. The third-order valence-corrected chi connectivity index (χ3v) is 8.56. The predicted molar refractivity (Wildman–Crippen MR) is 144 cm³/mol. The van der Waals surface area contributed by atoms with Gasteiger partial charge in [0.2, 0.25) is 11.5 Å². The van der Waals surface area contributed by atoms with Gasteiger partial charge in [0.1, 0.15) is 5.69 Å². The number of fused-ring (bicyclic) bond motifs is 1. The van der Waals surface area contributed by atoms with Gasteiger partial charge in [0.25, 0.3) is 0 Å². The van der Waals surface area contributed by atoms with Crippen LogP contribution in [0, 0.1) is 5.92 Å². The summed E-state index contributed by atoms with van der Waals surface area (Å²) < 4.78 is 29.1. The molecule has 0 radical (unpaired) electrons. The minimum Gasteiger partial charge on any atom is -0.432 e. The highest BCUT2D eigenvalue weighted by Crippen LogP contribution is 2.55. The summed E-state index contributed by atoms with van der Waals surface area (Å²) in [5, 5.41) is 1.66. The van der Waals surface area contributed by atoms with Crippen molar-refractivity contribution >= 4 is 56.5 Å². The van der Waals surface area contributed by atoms with E-state index in [0.29, 0.717) is 45.3 Å². The molecule has 182 valence electrons. The van der Waals surface area contributed by atoms with Crippen LogP contribution in [0.15, 0.2) is 59.0 Å². The quantitative estimate of drug-likeness (QED) is 0.253. The van der Waals surface area contributed by atoms with E-state index in [9.17, 15) is 13.9 Å². The molecule has 6 nitrogen and oxygen atoms in total. The Kier molecular flexibility index (Phi) is 6.32. The molecule has 5 rings (SSSR count). The maximum Gasteiger partial charge on any atom is 0.229 e. The number of pyridine rings is 1. The number of hydrogen-bond donors (Lipinski definition) is 2. The summed E-state index contributed by atoms with van der Waals surface area (Å²) in [6, 6.07) is 16.6. The highest BCUT2D eigenvalue weighted by molar-refractivity contribution is 8.25. The van der Waals surface area contributed by atoms with Crippen molar-refractivity contribution in [2.75, 3.05) is 16.6 Å². The van der Waals surface area contributed by atoms with Crippen LogP contribution in [0.3, 0.4) is 0 Å². The first kappa shape index (κ1) is 24.2. The first-order chi connectivity index (χ1) is 16.7. The van der Waals surface area contributed by atoms with Crippen LogP contribution >= 0.6 is 34.0 Å². The number of benzene rings is 2. The fourth-order valence-electron chi connectivity index (χ4n) is 4.31. The van der Waals surface area contributed by atoms with E-state index >= 15 is 0 Å². The van der Waals surface area contributed by atoms with E-state index in [0.717, 1.165) is 11.1 Å². The highest BCUT2D eigenvalue weighted by atomic mass is 35.5. The Morgan fingerprint density at radius 1 is 1.09 bits per heavy atom. The van der Waals surface area contributed by atoms with E-state index in [1.807, 2.05) is 36.4 Å². The second-order valence-corrected chi connectivity index (χ2v) is 11.8. The summed E-state index contributed by atoms with van der Waals surface area (Å²) in [5.74, 6) is -0.253. The molecule has 0 bridgehead atoms. The molecule has 1 aliphatic heterocycles. The summed E-state index contributed by atoms with van der Waals surface area (Å²) in [6.45, 7) is 3.96. The molecule has 0 saturated carbocycles. The Hall–Kier alpha value is -2.55. The topological polar surface area (TPSA) is 86.8 Å². The molecule has 3 heterocycles. The molecule has 35 heavy (non-hydrogen) atoms. The van der Waals surface area contributed by atoms with Crippen LogP contribution in [0.2, 0.25) is 10.0 Å². The molecule has 4 aromatic rings. The number of nitrogens with zero attached hydrogens (tertiary/aromatic N) is 2. The van der Waals surface area contributed by atoms with Gasteiger partial charge in [-0.3, -0.25) is 18.2 Å². The Labute approximate surface area is 215 Å². The van der Waals surface area contributed by atoms with E-state index in [1.54, 1.807) is 32.0 Å². The zero-order valence-electron chi connectivity index (χ0n) is 19.2. The molecule has 0 unspecified atom stereocenters. The van der Waals surface area contributed by atoms with Crippen molar-refractivity contribution in [2.45, 2.75) is 20.3 Å². The summed E-state index contributed by atoms with van der Waals surface area (Å²) in [5.41, 5.74) is 3.51. The maximum atomic E-state index is 13.2. The van der Waals surface area contributed by atoms with Gasteiger partial charge in [0.15, 0.2) is 5.76 Å². The first-order valence-corrected chi connectivity index (χ1v) is 13.7. The number of Topliss-reactive ketones (excluding diaryl/α,β-unsaturated/α-hetero) is 1. The van der Waals surface area contributed by atoms with Gasteiger partial charge in [0.05, 0.1) is 16.8 Å². The van der Waals surface area contributed by atoms with E-state index < -0.39 is 10.8 Å². The molecular weight excluding hydrogens is 507 g/mol. The largest absolute Gasteiger partial charge is 0.432 e. The number of carbonyl (C=O) groups is 1. The zero-order chi connectivity index (χ0) is 24.9. The van der Waals surface area contributed by atoms with Gasteiger partial charge >= 0.3 is 0 Å². The molecule has 0 spiro atoms. The normalized spacial score (nSPS) is 16.3. The van der Waals surface area contributed by atoms with E-state index in [-0.39, 0.29) is 28.9 Å². The van der Waals surface area contributed by atoms with Crippen molar-refractivity contribution in [2.24, 2.45) is 5.92 Å². The van der Waals surface area contributed by atoms with E-state index in [2.05, 4.69) is 0 Å². The first-order valence-electron chi connectivity index (χ1n) is 11.2. The van der Waals surface area contributed by atoms with Crippen molar-refractivity contribution in [3.05, 3.63) is 70.4 Å². The molecule has 0 aliphatic carbocycles. The zero-order valence-corrected chi connectivity index (χ0v) is 21.5. The summed E-state index contributed by atoms with van der Waals surface area (Å²) in [7, 11) is -3.08. The number of furan rings is 1. The Balaban J connectivity index is 1.85. The molecule has 2 N–H and O–H groups in total. The predicted octanol–water partition coefficient (Wildman–Crippen LogP) is 8.18. The van der Waals surface area contributed by atoms with Crippen LogP contribution < -0.4 is 4.31 Å². The smallest absolute Gasteiger partial charge is 0.229 e. The molecule has 2 aromatic heterocycles. The van der Waals surface area contributed by atoms with Gasteiger partial charge in [0, 0.05) is 33.6 Å². The maximum absolute atomic E-state index is 13.2. The number of hydrogen-bond acceptors (Lipinski definition) is 6. The highest BCUT2D eigenvalue weighted by Gasteiger charge is 2.37. The molecular formula is C26H24Cl2N2O4S. The summed E-state index contributed by atoms with van der Waals surface area (Å²) in [4.78, 5) is 18.0. The van der Waals surface area contributed by atoms with Crippen molar-refractivity contribution in [1.29, 1.82) is 0 Å².